The van der Waals surface area contributed by atoms with E-state index in [-0.39, 0.29) is 44.7 Å². The summed E-state index contributed by atoms with van der Waals surface area (Å²) in [5.41, 5.74) is -0.963. The Kier molecular flexibility index (Phi) is 4.60. The molecular formula is C14H22O5. The molecule has 0 amide bonds. The van der Waals surface area contributed by atoms with E-state index in [0.29, 0.717) is 11.8 Å². The third-order valence-electron chi connectivity index (χ3n) is 4.46. The maximum absolute atomic E-state index is 11.9. The molecule has 0 aliphatic heterocycles. The molecule has 2 rings (SSSR count). The summed E-state index contributed by atoms with van der Waals surface area (Å²) in [6, 6.07) is 0. The van der Waals surface area contributed by atoms with Gasteiger partial charge in [-0.05, 0) is 31.1 Å². The van der Waals surface area contributed by atoms with Crippen LogP contribution >= 0.6 is 0 Å². The summed E-state index contributed by atoms with van der Waals surface area (Å²) in [6.45, 7) is -0.852. The van der Waals surface area contributed by atoms with Crippen LogP contribution in [0.25, 0.3) is 0 Å². The fraction of sp³-hybridized carbons (Fsp3) is 0.786. The van der Waals surface area contributed by atoms with Gasteiger partial charge >= 0.3 is 5.97 Å². The Hall–Kier alpha value is -0.910. The van der Waals surface area contributed by atoms with Crippen LogP contribution in [0.3, 0.4) is 0 Å². The number of rotatable bonds is 7. The first-order valence-corrected chi connectivity index (χ1v) is 6.81. The molecule has 2 bridgehead atoms. The largest absolute Gasteiger partial charge is 0.465 e. The molecule has 0 saturated heterocycles. The first-order valence-electron chi connectivity index (χ1n) is 6.81. The summed E-state index contributed by atoms with van der Waals surface area (Å²) in [5, 5.41) is 27.5. The Bertz CT molecular complexity index is 339. The number of hydrogen-bond donors (Lipinski definition) is 3. The van der Waals surface area contributed by atoms with E-state index in [1.807, 2.05) is 0 Å². The minimum absolute atomic E-state index is 0.0400. The number of ether oxygens (including phenoxy) is 1. The Labute approximate surface area is 112 Å². The van der Waals surface area contributed by atoms with E-state index in [0.717, 1.165) is 12.8 Å². The van der Waals surface area contributed by atoms with E-state index in [1.54, 1.807) is 0 Å². The molecule has 0 aromatic carbocycles. The Morgan fingerprint density at radius 3 is 2.32 bits per heavy atom. The van der Waals surface area contributed by atoms with E-state index in [2.05, 4.69) is 12.2 Å². The molecule has 108 valence electrons. The van der Waals surface area contributed by atoms with E-state index in [9.17, 15) is 4.79 Å². The van der Waals surface area contributed by atoms with Crippen LogP contribution in [0, 0.1) is 23.2 Å². The first kappa shape index (κ1) is 14.5. The third kappa shape index (κ3) is 2.99. The molecule has 2 aliphatic carbocycles. The van der Waals surface area contributed by atoms with Crippen LogP contribution in [-0.4, -0.2) is 47.7 Å². The van der Waals surface area contributed by atoms with Crippen LogP contribution < -0.4 is 0 Å². The number of carbonyl (C=O) groups is 1. The van der Waals surface area contributed by atoms with E-state index < -0.39 is 5.41 Å². The first-order chi connectivity index (χ1) is 9.14. The quantitative estimate of drug-likeness (QED) is 0.451. The van der Waals surface area contributed by atoms with Crippen molar-refractivity contribution in [2.75, 3.05) is 26.4 Å². The van der Waals surface area contributed by atoms with Gasteiger partial charge in [-0.15, -0.1) is 0 Å². The van der Waals surface area contributed by atoms with E-state index >= 15 is 0 Å². The standard InChI is InChI=1S/C14H22O5/c15-7-14(8-16,9-17)3-4-19-13(18)12-6-10-1-2-11(12)5-10/h1-2,10-12,15-17H,3-9H2. The molecule has 3 unspecified atom stereocenters. The van der Waals surface area contributed by atoms with Crippen LogP contribution in [0.2, 0.25) is 0 Å². The van der Waals surface area contributed by atoms with E-state index in [4.69, 9.17) is 20.1 Å². The molecule has 0 spiro atoms. The molecule has 5 heteroatoms. The van der Waals surface area contributed by atoms with Gasteiger partial charge in [-0.1, -0.05) is 12.2 Å². The molecule has 0 aromatic heterocycles. The normalized spacial score (nSPS) is 28.9. The maximum atomic E-state index is 11.9. The summed E-state index contributed by atoms with van der Waals surface area (Å²) in [6.07, 6.45) is 6.44. The number of aliphatic hydroxyl groups is 3. The smallest absolute Gasteiger partial charge is 0.309 e. The number of allylic oxidation sites excluding steroid dienone is 2. The predicted octanol–water partition coefficient (Wildman–Crippen LogP) is 0.0952. The zero-order chi connectivity index (χ0) is 13.9. The topological polar surface area (TPSA) is 87.0 Å². The van der Waals surface area contributed by atoms with Crippen molar-refractivity contribution in [2.45, 2.75) is 19.3 Å². The molecule has 1 fully saturated rings. The minimum Gasteiger partial charge on any atom is -0.465 e. The molecule has 0 heterocycles. The Morgan fingerprint density at radius 1 is 1.16 bits per heavy atom. The number of esters is 1. The fourth-order valence-electron chi connectivity index (χ4n) is 2.91. The van der Waals surface area contributed by atoms with Gasteiger partial charge in [-0.2, -0.15) is 0 Å². The molecule has 3 atom stereocenters. The van der Waals surface area contributed by atoms with Gasteiger partial charge in [0.1, 0.15) is 0 Å². The second-order valence-corrected chi connectivity index (χ2v) is 5.78. The Balaban J connectivity index is 1.76. The number of aliphatic hydroxyl groups excluding tert-OH is 3. The third-order valence-corrected chi connectivity index (χ3v) is 4.46. The van der Waals surface area contributed by atoms with Gasteiger partial charge in [0.05, 0.1) is 32.3 Å². The molecule has 3 N–H and O–H groups in total. The lowest BCUT2D eigenvalue weighted by Gasteiger charge is -2.27. The van der Waals surface area contributed by atoms with Gasteiger partial charge < -0.3 is 20.1 Å². The van der Waals surface area contributed by atoms with Crippen LogP contribution in [0.4, 0.5) is 0 Å². The molecular weight excluding hydrogens is 248 g/mol. The monoisotopic (exact) mass is 270 g/mol. The van der Waals surface area contributed by atoms with Crippen LogP contribution in [-0.2, 0) is 9.53 Å². The molecule has 0 radical (unpaired) electrons. The van der Waals surface area contributed by atoms with E-state index in [1.165, 1.54) is 0 Å². The highest BCUT2D eigenvalue weighted by Crippen LogP contribution is 2.43. The van der Waals surface area contributed by atoms with Gasteiger partial charge in [-0.3, -0.25) is 4.79 Å². The predicted molar refractivity (Wildman–Crippen MR) is 68.1 cm³/mol. The molecule has 2 aliphatic rings. The molecule has 19 heavy (non-hydrogen) atoms. The highest BCUT2D eigenvalue weighted by atomic mass is 16.5. The number of carbonyl (C=O) groups excluding carboxylic acids is 1. The number of fused-ring (bicyclic) bond motifs is 2. The summed E-state index contributed by atoms with van der Waals surface area (Å²) in [5.74, 6) is 0.603. The van der Waals surface area contributed by atoms with Crippen molar-refractivity contribution < 1.29 is 24.9 Å². The second-order valence-electron chi connectivity index (χ2n) is 5.78. The van der Waals surface area contributed by atoms with Gasteiger partial charge in [0.25, 0.3) is 0 Å². The van der Waals surface area contributed by atoms with Crippen LogP contribution in [0.15, 0.2) is 12.2 Å². The van der Waals surface area contributed by atoms with Crippen molar-refractivity contribution in [3.05, 3.63) is 12.2 Å². The van der Waals surface area contributed by atoms with Crippen molar-refractivity contribution in [1.82, 2.24) is 0 Å². The van der Waals surface area contributed by atoms with Crippen molar-refractivity contribution in [3.8, 4) is 0 Å². The number of hydrogen-bond acceptors (Lipinski definition) is 5. The van der Waals surface area contributed by atoms with Crippen molar-refractivity contribution in [3.63, 3.8) is 0 Å². The zero-order valence-electron chi connectivity index (χ0n) is 11.0. The SMILES string of the molecule is O=C(OCCC(CO)(CO)CO)C1CC2C=CC1C2. The van der Waals surface area contributed by atoms with Crippen molar-refractivity contribution in [2.24, 2.45) is 23.2 Å². The zero-order valence-corrected chi connectivity index (χ0v) is 11.0. The van der Waals surface area contributed by atoms with Gasteiger partial charge in [0.2, 0.25) is 0 Å². The van der Waals surface area contributed by atoms with Crippen molar-refractivity contribution in [1.29, 1.82) is 0 Å². The molecule has 5 nitrogen and oxygen atoms in total. The molecule has 1 saturated carbocycles. The van der Waals surface area contributed by atoms with Gasteiger partial charge in [0, 0.05) is 5.41 Å². The maximum Gasteiger partial charge on any atom is 0.309 e. The molecule has 0 aromatic rings. The summed E-state index contributed by atoms with van der Waals surface area (Å²) >= 11 is 0. The summed E-state index contributed by atoms with van der Waals surface area (Å²) in [4.78, 5) is 11.9. The summed E-state index contributed by atoms with van der Waals surface area (Å²) < 4.78 is 5.23. The fourth-order valence-corrected chi connectivity index (χ4v) is 2.91. The second kappa shape index (κ2) is 6.03. The van der Waals surface area contributed by atoms with Crippen LogP contribution in [0.1, 0.15) is 19.3 Å². The lowest BCUT2D eigenvalue weighted by molar-refractivity contribution is -0.151. The lowest BCUT2D eigenvalue weighted by atomic mass is 9.87. The summed E-state index contributed by atoms with van der Waals surface area (Å²) in [7, 11) is 0. The van der Waals surface area contributed by atoms with Crippen LogP contribution in [0.5, 0.6) is 0 Å². The Morgan fingerprint density at radius 2 is 1.84 bits per heavy atom. The van der Waals surface area contributed by atoms with Gasteiger partial charge in [0.15, 0.2) is 0 Å². The minimum atomic E-state index is -0.963. The average Bonchev–Trinajstić information content (AvgIpc) is 3.06. The van der Waals surface area contributed by atoms with Crippen molar-refractivity contribution >= 4 is 5.97 Å². The highest BCUT2D eigenvalue weighted by molar-refractivity contribution is 5.74. The average molecular weight is 270 g/mol. The highest BCUT2D eigenvalue weighted by Gasteiger charge is 2.41. The van der Waals surface area contributed by atoms with Gasteiger partial charge in [-0.25, -0.2) is 0 Å². The lowest BCUT2D eigenvalue weighted by Crippen LogP contribution is -2.36.